The van der Waals surface area contributed by atoms with E-state index >= 15 is 0 Å². The van der Waals surface area contributed by atoms with Crippen LogP contribution in [-0.4, -0.2) is 26.9 Å². The number of hydrogen-bond donors (Lipinski definition) is 1. The average molecular weight is 490 g/mol. The summed E-state index contributed by atoms with van der Waals surface area (Å²) in [4.78, 5) is 27.2. The second-order valence-electron chi connectivity index (χ2n) is 8.43. The van der Waals surface area contributed by atoms with Crippen LogP contribution < -0.4 is 9.74 Å². The number of pyridine rings is 2. The average Bonchev–Trinajstić information content (AvgIpc) is 3.54. The van der Waals surface area contributed by atoms with Crippen molar-refractivity contribution in [1.82, 2.24) is 15.0 Å². The van der Waals surface area contributed by atoms with E-state index in [-0.39, 0.29) is 5.91 Å². The van der Waals surface area contributed by atoms with Crippen molar-refractivity contribution in [2.75, 3.05) is 9.74 Å². The number of anilines is 2. The third-order valence-electron chi connectivity index (χ3n) is 5.89. The van der Waals surface area contributed by atoms with Gasteiger partial charge >= 0.3 is 0 Å². The van der Waals surface area contributed by atoms with E-state index in [1.807, 2.05) is 37.4 Å². The Bertz CT molecular complexity index is 1300. The van der Waals surface area contributed by atoms with E-state index in [9.17, 15) is 4.79 Å². The predicted molar refractivity (Wildman–Crippen MR) is 138 cm³/mol. The fraction of sp³-hybridized carbons (Fsp3) is 0.231. The van der Waals surface area contributed by atoms with E-state index in [0.717, 1.165) is 37.5 Å². The van der Waals surface area contributed by atoms with Crippen molar-refractivity contribution >= 4 is 40.0 Å². The molecule has 1 N–H and O–H groups in total. The first-order valence-electron chi connectivity index (χ1n) is 11.3. The van der Waals surface area contributed by atoms with Crippen LogP contribution in [-0.2, 0) is 0 Å². The zero-order valence-corrected chi connectivity index (χ0v) is 20.3. The number of aryl methyl sites for hydroxylation is 1. The number of hydrogen-bond acceptors (Lipinski definition) is 6. The standard InChI is InChI=1S/C26H24ClN5OS/c1-17-6-4-7-18(14-17)23-24(19-11-13-29-22(15-19)30-21-9-2-3-10-21)34-26(31-23)32(27)25(33)20-8-5-12-28-16-20/h4-8,11-16,21H,2-3,9-10H2,1H3,(H,29,30). The SMILES string of the molecule is Cc1cccc(-c2nc(N(Cl)C(=O)c3cccnc3)sc2-c2ccnc(NC3CCCC3)c2)c1. The Kier molecular flexibility index (Phi) is 6.56. The Morgan fingerprint density at radius 2 is 1.94 bits per heavy atom. The van der Waals surface area contributed by atoms with Crippen LogP contribution in [0.15, 0.2) is 67.1 Å². The fourth-order valence-corrected chi connectivity index (χ4v) is 5.42. The summed E-state index contributed by atoms with van der Waals surface area (Å²) >= 11 is 7.89. The summed E-state index contributed by atoms with van der Waals surface area (Å²) in [6.07, 6.45) is 9.77. The molecule has 0 radical (unpaired) electrons. The predicted octanol–water partition coefficient (Wildman–Crippen LogP) is 6.73. The molecule has 0 bridgehead atoms. The van der Waals surface area contributed by atoms with Gasteiger partial charge in [0.1, 0.15) is 5.82 Å². The van der Waals surface area contributed by atoms with E-state index in [1.165, 1.54) is 43.2 Å². The van der Waals surface area contributed by atoms with Gasteiger partial charge in [-0.3, -0.25) is 9.78 Å². The number of halogens is 1. The summed E-state index contributed by atoms with van der Waals surface area (Å²) in [5, 5.41) is 3.97. The minimum absolute atomic E-state index is 0.371. The zero-order valence-electron chi connectivity index (χ0n) is 18.7. The highest BCUT2D eigenvalue weighted by molar-refractivity contribution is 7.20. The first-order chi connectivity index (χ1) is 16.6. The number of carbonyl (C=O) groups is 1. The zero-order chi connectivity index (χ0) is 23.5. The highest BCUT2D eigenvalue weighted by atomic mass is 35.5. The van der Waals surface area contributed by atoms with Gasteiger partial charge in [0, 0.05) is 42.0 Å². The molecular formula is C26H24ClN5OS. The van der Waals surface area contributed by atoms with E-state index in [4.69, 9.17) is 16.8 Å². The Morgan fingerprint density at radius 3 is 2.71 bits per heavy atom. The molecule has 34 heavy (non-hydrogen) atoms. The van der Waals surface area contributed by atoms with Crippen molar-refractivity contribution in [2.45, 2.75) is 38.6 Å². The third kappa shape index (κ3) is 4.81. The lowest BCUT2D eigenvalue weighted by Crippen LogP contribution is -2.20. The quantitative estimate of drug-likeness (QED) is 0.304. The van der Waals surface area contributed by atoms with Crippen LogP contribution in [0.5, 0.6) is 0 Å². The molecule has 0 saturated heterocycles. The number of rotatable bonds is 6. The molecule has 0 unspecified atom stereocenters. The van der Waals surface area contributed by atoms with Gasteiger partial charge < -0.3 is 5.32 Å². The Labute approximate surface area is 207 Å². The van der Waals surface area contributed by atoms with Crippen LogP contribution in [0.4, 0.5) is 10.9 Å². The Morgan fingerprint density at radius 1 is 1.09 bits per heavy atom. The largest absolute Gasteiger partial charge is 0.367 e. The minimum Gasteiger partial charge on any atom is -0.367 e. The molecule has 1 saturated carbocycles. The lowest BCUT2D eigenvalue weighted by molar-refractivity contribution is 0.100. The van der Waals surface area contributed by atoms with Gasteiger partial charge in [-0.25, -0.2) is 9.97 Å². The van der Waals surface area contributed by atoms with E-state index in [0.29, 0.717) is 16.7 Å². The molecule has 0 spiro atoms. The molecule has 1 fully saturated rings. The van der Waals surface area contributed by atoms with Crippen LogP contribution >= 0.6 is 23.1 Å². The molecule has 0 atom stereocenters. The van der Waals surface area contributed by atoms with E-state index in [1.54, 1.807) is 18.3 Å². The van der Waals surface area contributed by atoms with Crippen LogP contribution in [0.25, 0.3) is 21.7 Å². The molecule has 8 heteroatoms. The number of nitrogens with one attached hydrogen (secondary N) is 1. The molecule has 3 aromatic heterocycles. The van der Waals surface area contributed by atoms with Gasteiger partial charge in [0.2, 0.25) is 5.13 Å². The summed E-state index contributed by atoms with van der Waals surface area (Å²) in [6, 6.07) is 16.0. The molecule has 3 heterocycles. The van der Waals surface area contributed by atoms with Gasteiger partial charge in [0.05, 0.1) is 16.1 Å². The number of thiazole rings is 1. The highest BCUT2D eigenvalue weighted by Gasteiger charge is 2.24. The van der Waals surface area contributed by atoms with Crippen molar-refractivity contribution < 1.29 is 4.79 Å². The van der Waals surface area contributed by atoms with Crippen LogP contribution in [0, 0.1) is 6.92 Å². The number of benzene rings is 1. The summed E-state index contributed by atoms with van der Waals surface area (Å²) in [5.41, 5.74) is 4.27. The smallest absolute Gasteiger partial charge is 0.276 e. The summed E-state index contributed by atoms with van der Waals surface area (Å²) < 4.78 is 1.07. The van der Waals surface area contributed by atoms with Crippen molar-refractivity contribution in [3.05, 3.63) is 78.2 Å². The molecule has 1 aliphatic carbocycles. The number of carbonyl (C=O) groups excluding carboxylic acids is 1. The van der Waals surface area contributed by atoms with Crippen molar-refractivity contribution in [3.8, 4) is 21.7 Å². The molecule has 6 nitrogen and oxygen atoms in total. The second-order valence-corrected chi connectivity index (χ2v) is 9.74. The maximum Gasteiger partial charge on any atom is 0.276 e. The first-order valence-corrected chi connectivity index (χ1v) is 12.4. The topological polar surface area (TPSA) is 71.0 Å². The lowest BCUT2D eigenvalue weighted by atomic mass is 10.1. The molecule has 5 rings (SSSR count). The van der Waals surface area contributed by atoms with Crippen LogP contribution in [0.2, 0.25) is 0 Å². The molecule has 1 amide bonds. The van der Waals surface area contributed by atoms with Crippen LogP contribution in [0.1, 0.15) is 41.6 Å². The molecular weight excluding hydrogens is 466 g/mol. The van der Waals surface area contributed by atoms with Gasteiger partial charge in [-0.05, 0) is 55.7 Å². The third-order valence-corrected chi connectivity index (χ3v) is 7.39. The van der Waals surface area contributed by atoms with E-state index < -0.39 is 0 Å². The van der Waals surface area contributed by atoms with Crippen LogP contribution in [0.3, 0.4) is 0 Å². The highest BCUT2D eigenvalue weighted by Crippen LogP contribution is 2.42. The van der Waals surface area contributed by atoms with Gasteiger partial charge in [-0.2, -0.15) is 4.42 Å². The van der Waals surface area contributed by atoms with Crippen molar-refractivity contribution in [1.29, 1.82) is 0 Å². The van der Waals surface area contributed by atoms with Gasteiger partial charge in [-0.15, -0.1) is 0 Å². The summed E-state index contributed by atoms with van der Waals surface area (Å²) in [6.45, 7) is 2.05. The molecule has 1 aromatic carbocycles. The van der Waals surface area contributed by atoms with Gasteiger partial charge in [0.15, 0.2) is 0 Å². The maximum absolute atomic E-state index is 12.9. The summed E-state index contributed by atoms with van der Waals surface area (Å²) in [5.74, 6) is 0.480. The van der Waals surface area contributed by atoms with Crippen molar-refractivity contribution in [2.24, 2.45) is 0 Å². The Hall–Kier alpha value is -3.29. The maximum atomic E-state index is 12.9. The van der Waals surface area contributed by atoms with Gasteiger partial charge in [0.25, 0.3) is 5.91 Å². The molecule has 4 aromatic rings. The number of amides is 1. The van der Waals surface area contributed by atoms with Crippen molar-refractivity contribution in [3.63, 3.8) is 0 Å². The summed E-state index contributed by atoms with van der Waals surface area (Å²) in [7, 11) is 0. The monoisotopic (exact) mass is 489 g/mol. The normalized spacial score (nSPS) is 13.7. The molecule has 1 aliphatic rings. The van der Waals surface area contributed by atoms with Gasteiger partial charge in [-0.1, -0.05) is 47.9 Å². The molecule has 172 valence electrons. The lowest BCUT2D eigenvalue weighted by Gasteiger charge is -2.13. The fourth-order valence-electron chi connectivity index (χ4n) is 4.20. The number of aromatic nitrogens is 3. The Balaban J connectivity index is 1.54. The second kappa shape index (κ2) is 9.91. The number of nitrogens with zero attached hydrogens (tertiary/aromatic N) is 4. The minimum atomic E-state index is -0.371. The van der Waals surface area contributed by atoms with E-state index in [2.05, 4.69) is 27.4 Å². The first kappa shape index (κ1) is 22.5. The molecule has 0 aliphatic heterocycles.